The minimum absolute atomic E-state index is 0.0967. The first-order valence-corrected chi connectivity index (χ1v) is 13.2. The molecule has 1 heterocycles. The fourth-order valence-electron chi connectivity index (χ4n) is 3.78. The summed E-state index contributed by atoms with van der Waals surface area (Å²) in [6.07, 6.45) is 19.0. The van der Waals surface area contributed by atoms with E-state index >= 15 is 0 Å². The molecule has 0 aliphatic carbocycles. The lowest BCUT2D eigenvalue weighted by Gasteiger charge is -2.31. The van der Waals surface area contributed by atoms with Crippen LogP contribution in [0.2, 0.25) is 0 Å². The average molecular weight is 463 g/mol. The molecule has 1 aliphatic rings. The Morgan fingerprint density at radius 2 is 1.59 bits per heavy atom. The van der Waals surface area contributed by atoms with Crippen LogP contribution in [0.5, 0.6) is 0 Å². The van der Waals surface area contributed by atoms with E-state index in [-0.39, 0.29) is 10.7 Å². The van der Waals surface area contributed by atoms with Gasteiger partial charge in [-0.25, -0.2) is 0 Å². The molecule has 1 N–H and O–H groups in total. The van der Waals surface area contributed by atoms with Gasteiger partial charge < -0.3 is 14.3 Å². The van der Waals surface area contributed by atoms with Crippen LogP contribution in [0.4, 0.5) is 0 Å². The summed E-state index contributed by atoms with van der Waals surface area (Å²) in [7, 11) is -3.97. The second-order valence-electron chi connectivity index (χ2n) is 8.39. The van der Waals surface area contributed by atoms with E-state index < -0.39 is 16.2 Å². The van der Waals surface area contributed by atoms with Gasteiger partial charge in [-0.2, -0.15) is 8.42 Å². The number of rotatable bonds is 15. The highest BCUT2D eigenvalue weighted by Crippen LogP contribution is 2.23. The normalized spacial score (nSPS) is 16.5. The standard InChI is InChI=1S/C25H38N2O4S/c1-3-4-5-6-7-8-9-10-11-12-19-27-20-13-14-25(24(27)21-26-28)31-32(29,30)23-17-15-22(2)16-18-23/h13-18,20-21,24,28H,3-12,19H2,1-2H3. The Morgan fingerprint density at radius 3 is 2.19 bits per heavy atom. The molecule has 1 unspecified atom stereocenters. The summed E-state index contributed by atoms with van der Waals surface area (Å²) in [6.45, 7) is 4.86. The predicted molar refractivity (Wildman–Crippen MR) is 129 cm³/mol. The molecule has 7 heteroatoms. The lowest BCUT2D eigenvalue weighted by Crippen LogP contribution is -2.37. The van der Waals surface area contributed by atoms with Crippen molar-refractivity contribution < 1.29 is 17.8 Å². The Hall–Kier alpha value is -2.28. The fraction of sp³-hybridized carbons (Fsp3) is 0.560. The van der Waals surface area contributed by atoms with Crippen LogP contribution in [0, 0.1) is 6.92 Å². The molecule has 0 bridgehead atoms. The Balaban J connectivity index is 1.83. The number of hydrogen-bond donors (Lipinski definition) is 1. The summed E-state index contributed by atoms with van der Waals surface area (Å²) < 4.78 is 30.8. The van der Waals surface area contributed by atoms with Gasteiger partial charge in [0.25, 0.3) is 0 Å². The molecule has 0 saturated carbocycles. The maximum absolute atomic E-state index is 12.7. The van der Waals surface area contributed by atoms with Crippen molar-refractivity contribution in [3.8, 4) is 0 Å². The topological polar surface area (TPSA) is 79.2 Å². The van der Waals surface area contributed by atoms with E-state index in [2.05, 4.69) is 12.1 Å². The summed E-state index contributed by atoms with van der Waals surface area (Å²) in [4.78, 5) is 2.05. The van der Waals surface area contributed by atoms with Gasteiger partial charge in [0.1, 0.15) is 16.7 Å². The minimum Gasteiger partial charge on any atom is -0.411 e. The van der Waals surface area contributed by atoms with Crippen LogP contribution in [0.25, 0.3) is 0 Å². The molecule has 1 aromatic carbocycles. The molecule has 1 aliphatic heterocycles. The Bertz CT molecular complexity index is 860. The molecule has 6 nitrogen and oxygen atoms in total. The van der Waals surface area contributed by atoms with Crippen LogP contribution in [-0.2, 0) is 14.3 Å². The summed E-state index contributed by atoms with van der Waals surface area (Å²) in [5, 5.41) is 12.3. The van der Waals surface area contributed by atoms with Crippen molar-refractivity contribution in [2.45, 2.75) is 89.0 Å². The monoisotopic (exact) mass is 462 g/mol. The molecular formula is C25H38N2O4S. The predicted octanol–water partition coefficient (Wildman–Crippen LogP) is 6.16. The highest BCUT2D eigenvalue weighted by atomic mass is 32.2. The summed E-state index contributed by atoms with van der Waals surface area (Å²) in [5.41, 5.74) is 0.969. The Morgan fingerprint density at radius 1 is 1.00 bits per heavy atom. The van der Waals surface area contributed by atoms with Gasteiger partial charge in [-0.3, -0.25) is 0 Å². The maximum Gasteiger partial charge on any atom is 0.338 e. The molecule has 0 fully saturated rings. The van der Waals surface area contributed by atoms with Crippen molar-refractivity contribution in [2.75, 3.05) is 6.54 Å². The van der Waals surface area contributed by atoms with Gasteiger partial charge in [0, 0.05) is 12.7 Å². The van der Waals surface area contributed by atoms with E-state index in [4.69, 9.17) is 9.39 Å². The number of hydrogen-bond acceptors (Lipinski definition) is 6. The van der Waals surface area contributed by atoms with E-state index in [0.29, 0.717) is 0 Å². The molecule has 32 heavy (non-hydrogen) atoms. The van der Waals surface area contributed by atoms with Gasteiger partial charge in [-0.05, 0) is 37.6 Å². The van der Waals surface area contributed by atoms with E-state index in [1.807, 2.05) is 18.0 Å². The van der Waals surface area contributed by atoms with Crippen molar-refractivity contribution in [1.82, 2.24) is 4.90 Å². The lowest BCUT2D eigenvalue weighted by atomic mass is 10.1. The number of aryl methyl sites for hydroxylation is 1. The van der Waals surface area contributed by atoms with Crippen LogP contribution in [0.3, 0.4) is 0 Å². The fourth-order valence-corrected chi connectivity index (χ4v) is 4.75. The zero-order valence-corrected chi connectivity index (χ0v) is 20.3. The first kappa shape index (κ1) is 26.0. The summed E-state index contributed by atoms with van der Waals surface area (Å²) in [6, 6.07) is 5.95. The lowest BCUT2D eigenvalue weighted by molar-refractivity contribution is 0.270. The van der Waals surface area contributed by atoms with E-state index in [0.717, 1.165) is 24.9 Å². The molecule has 0 aromatic heterocycles. The average Bonchev–Trinajstić information content (AvgIpc) is 2.77. The smallest absolute Gasteiger partial charge is 0.338 e. The van der Waals surface area contributed by atoms with E-state index in [1.165, 1.54) is 69.7 Å². The van der Waals surface area contributed by atoms with Gasteiger partial charge in [-0.15, -0.1) is 0 Å². The number of allylic oxidation sites excluding steroid dienone is 2. The van der Waals surface area contributed by atoms with Crippen molar-refractivity contribution in [3.05, 3.63) is 53.9 Å². The molecule has 0 radical (unpaired) electrons. The van der Waals surface area contributed by atoms with E-state index in [1.54, 1.807) is 24.3 Å². The molecule has 1 atom stereocenters. The highest BCUT2D eigenvalue weighted by molar-refractivity contribution is 7.86. The van der Waals surface area contributed by atoms with Crippen LogP contribution < -0.4 is 0 Å². The maximum atomic E-state index is 12.7. The minimum atomic E-state index is -3.97. The molecule has 1 aromatic rings. The summed E-state index contributed by atoms with van der Waals surface area (Å²) >= 11 is 0. The first-order valence-electron chi connectivity index (χ1n) is 11.8. The summed E-state index contributed by atoms with van der Waals surface area (Å²) in [5.74, 6) is 0.220. The largest absolute Gasteiger partial charge is 0.411 e. The molecule has 0 saturated heterocycles. The second kappa shape index (κ2) is 14.0. The second-order valence-corrected chi connectivity index (χ2v) is 9.94. The zero-order valence-electron chi connectivity index (χ0n) is 19.4. The third-order valence-electron chi connectivity index (χ3n) is 5.68. The van der Waals surface area contributed by atoms with Crippen LogP contribution in [-0.4, -0.2) is 37.3 Å². The molecule has 0 amide bonds. The third kappa shape index (κ3) is 8.69. The van der Waals surface area contributed by atoms with Gasteiger partial charge in [0.2, 0.25) is 0 Å². The van der Waals surface area contributed by atoms with Crippen molar-refractivity contribution >= 4 is 16.3 Å². The quantitative estimate of drug-likeness (QED) is 0.111. The van der Waals surface area contributed by atoms with Crippen molar-refractivity contribution in [1.29, 1.82) is 0 Å². The van der Waals surface area contributed by atoms with Crippen LogP contribution in [0.1, 0.15) is 76.7 Å². The number of unbranched alkanes of at least 4 members (excludes halogenated alkanes) is 9. The zero-order chi connectivity index (χ0) is 23.2. The first-order chi connectivity index (χ1) is 15.5. The molecule has 178 valence electrons. The molecular weight excluding hydrogens is 424 g/mol. The van der Waals surface area contributed by atoms with E-state index in [9.17, 15) is 8.42 Å². The van der Waals surface area contributed by atoms with Crippen LogP contribution >= 0.6 is 0 Å². The van der Waals surface area contributed by atoms with Gasteiger partial charge in [-0.1, -0.05) is 87.6 Å². The Kier molecular flexibility index (Phi) is 11.4. The van der Waals surface area contributed by atoms with Crippen molar-refractivity contribution in [3.63, 3.8) is 0 Å². The number of nitrogens with zero attached hydrogens (tertiary/aromatic N) is 2. The number of benzene rings is 1. The number of oxime groups is 1. The molecule has 2 rings (SSSR count). The SMILES string of the molecule is CCCCCCCCCCCCN1C=CC=C(OS(=O)(=O)c2ccc(C)cc2)C1C=NO. The van der Waals surface area contributed by atoms with Gasteiger partial charge in [0.05, 0.1) is 6.21 Å². The van der Waals surface area contributed by atoms with Gasteiger partial charge in [0.15, 0.2) is 0 Å². The van der Waals surface area contributed by atoms with Crippen LogP contribution in [0.15, 0.2) is 58.4 Å². The molecule has 0 spiro atoms. The van der Waals surface area contributed by atoms with Gasteiger partial charge >= 0.3 is 10.1 Å². The highest BCUT2D eigenvalue weighted by Gasteiger charge is 2.27. The van der Waals surface area contributed by atoms with Crippen molar-refractivity contribution in [2.24, 2.45) is 5.16 Å². The Labute approximate surface area is 193 Å². The third-order valence-corrected chi connectivity index (χ3v) is 6.94.